The Morgan fingerprint density at radius 1 is 1.15 bits per heavy atom. The molecule has 1 heterocycles. The van der Waals surface area contributed by atoms with E-state index in [2.05, 4.69) is 15.9 Å². The average molecular weight is 350 g/mol. The van der Waals surface area contributed by atoms with E-state index >= 15 is 0 Å². The van der Waals surface area contributed by atoms with E-state index in [1.807, 2.05) is 36.4 Å². The minimum Gasteiger partial charge on any atom is -0.369 e. The van der Waals surface area contributed by atoms with Gasteiger partial charge >= 0.3 is 0 Å². The molecule has 1 aliphatic rings. The largest absolute Gasteiger partial charge is 0.369 e. The zero-order valence-corrected chi connectivity index (χ0v) is 12.9. The molecule has 0 radical (unpaired) electrons. The van der Waals surface area contributed by atoms with Crippen LogP contribution in [0.25, 0.3) is 0 Å². The molecule has 20 heavy (non-hydrogen) atoms. The van der Waals surface area contributed by atoms with Crippen molar-refractivity contribution in [3.05, 3.63) is 64.1 Å². The van der Waals surface area contributed by atoms with E-state index in [9.17, 15) is 9.90 Å². The monoisotopic (exact) mass is 349 g/mol. The second-order valence-corrected chi connectivity index (χ2v) is 6.28. The Bertz CT molecular complexity index is 662. The molecule has 0 saturated carbocycles. The van der Waals surface area contributed by atoms with Gasteiger partial charge in [-0.05, 0) is 34.1 Å². The molecule has 2 aromatic carbocycles. The molecule has 1 atom stereocenters. The quantitative estimate of drug-likeness (QED) is 0.860. The molecular formula is C15H12BrNO2S. The number of hydrogen-bond donors (Lipinski definition) is 1. The molecule has 3 nitrogen and oxygen atoms in total. The minimum absolute atomic E-state index is 0.118. The maximum absolute atomic E-state index is 12.3. The Hall–Kier alpha value is -1.30. The fourth-order valence-corrected chi connectivity index (χ4v) is 3.73. The smallest absolute Gasteiger partial charge is 0.257 e. The molecule has 0 saturated heterocycles. The second-order valence-electron chi connectivity index (χ2n) is 4.44. The van der Waals surface area contributed by atoms with Gasteiger partial charge in [0.2, 0.25) is 0 Å². The Morgan fingerprint density at radius 2 is 1.85 bits per heavy atom. The highest BCUT2D eigenvalue weighted by Crippen LogP contribution is 2.35. The van der Waals surface area contributed by atoms with Crippen molar-refractivity contribution in [3.63, 3.8) is 0 Å². The number of halogens is 1. The minimum atomic E-state index is -0.853. The van der Waals surface area contributed by atoms with Crippen LogP contribution in [0.5, 0.6) is 0 Å². The highest BCUT2D eigenvalue weighted by atomic mass is 79.9. The zero-order chi connectivity index (χ0) is 14.1. The van der Waals surface area contributed by atoms with E-state index < -0.39 is 6.23 Å². The van der Waals surface area contributed by atoms with Crippen LogP contribution in [0.1, 0.15) is 22.1 Å². The van der Waals surface area contributed by atoms with E-state index in [1.165, 1.54) is 16.7 Å². The fourth-order valence-electron chi connectivity index (χ4n) is 2.18. The van der Waals surface area contributed by atoms with Gasteiger partial charge in [0.25, 0.3) is 5.91 Å². The van der Waals surface area contributed by atoms with Crippen molar-refractivity contribution < 1.29 is 9.90 Å². The van der Waals surface area contributed by atoms with Crippen molar-refractivity contribution in [1.82, 2.24) is 4.90 Å². The first-order valence-electron chi connectivity index (χ1n) is 6.14. The summed E-state index contributed by atoms with van der Waals surface area (Å²) in [6, 6.07) is 15.0. The van der Waals surface area contributed by atoms with Crippen molar-refractivity contribution in [2.45, 2.75) is 11.1 Å². The van der Waals surface area contributed by atoms with Crippen molar-refractivity contribution in [3.8, 4) is 0 Å². The lowest BCUT2D eigenvalue weighted by Crippen LogP contribution is -2.27. The summed E-state index contributed by atoms with van der Waals surface area (Å²) in [6.45, 7) is 0. The molecule has 3 rings (SSSR count). The van der Waals surface area contributed by atoms with Crippen LogP contribution >= 0.6 is 27.7 Å². The van der Waals surface area contributed by atoms with Gasteiger partial charge in [-0.25, -0.2) is 0 Å². The molecule has 0 bridgehead atoms. The number of nitrogens with zero attached hydrogens (tertiary/aromatic N) is 1. The molecule has 0 aromatic heterocycles. The van der Waals surface area contributed by atoms with Crippen LogP contribution in [-0.2, 0) is 0 Å². The Morgan fingerprint density at radius 3 is 2.60 bits per heavy atom. The molecule has 0 fully saturated rings. The van der Waals surface area contributed by atoms with Gasteiger partial charge in [0, 0.05) is 20.5 Å². The number of aliphatic hydroxyl groups is 1. The third-order valence-electron chi connectivity index (χ3n) is 3.22. The van der Waals surface area contributed by atoms with Crippen molar-refractivity contribution >= 4 is 33.6 Å². The second kappa shape index (κ2) is 5.60. The van der Waals surface area contributed by atoms with E-state index in [0.29, 0.717) is 17.0 Å². The molecule has 1 N–H and O–H groups in total. The first-order valence-corrected chi connectivity index (χ1v) is 7.91. The predicted octanol–water partition coefficient (Wildman–Crippen LogP) is 3.65. The number of thioether (sulfide) groups is 1. The average Bonchev–Trinajstić information content (AvgIpc) is 2.71. The number of rotatable bonds is 3. The lowest BCUT2D eigenvalue weighted by Gasteiger charge is -2.20. The van der Waals surface area contributed by atoms with Crippen molar-refractivity contribution in [2.75, 3.05) is 5.88 Å². The van der Waals surface area contributed by atoms with Gasteiger partial charge in [0.15, 0.2) is 6.23 Å². The van der Waals surface area contributed by atoms with Gasteiger partial charge in [-0.15, -0.1) is 11.8 Å². The number of fused-ring (bicyclic) bond motifs is 1. The predicted molar refractivity (Wildman–Crippen MR) is 82.4 cm³/mol. The topological polar surface area (TPSA) is 40.5 Å². The van der Waals surface area contributed by atoms with E-state index in [0.717, 1.165) is 9.37 Å². The van der Waals surface area contributed by atoms with Crippen LogP contribution in [0, 0.1) is 0 Å². The molecule has 102 valence electrons. The summed E-state index contributed by atoms with van der Waals surface area (Å²) in [6.07, 6.45) is -0.853. The Balaban J connectivity index is 1.77. The van der Waals surface area contributed by atoms with E-state index in [-0.39, 0.29) is 5.91 Å². The number of hydrogen-bond acceptors (Lipinski definition) is 3. The molecule has 0 spiro atoms. The fraction of sp³-hybridized carbons (Fsp3) is 0.133. The van der Waals surface area contributed by atoms with Crippen LogP contribution in [0.15, 0.2) is 57.9 Å². The number of amides is 1. The van der Waals surface area contributed by atoms with Gasteiger partial charge in [-0.3, -0.25) is 9.69 Å². The number of carbonyl (C=O) groups is 1. The number of carbonyl (C=O) groups excluding carboxylic acids is 1. The molecule has 0 aliphatic carbocycles. The van der Waals surface area contributed by atoms with E-state index in [4.69, 9.17) is 0 Å². The summed E-state index contributed by atoms with van der Waals surface area (Å²) in [5, 5.41) is 10.2. The SMILES string of the molecule is O=C1c2ccccc2C(O)N1CSc1ccccc1Br. The molecule has 2 aromatic rings. The van der Waals surface area contributed by atoms with E-state index in [1.54, 1.807) is 12.1 Å². The normalized spacial score (nSPS) is 17.4. The lowest BCUT2D eigenvalue weighted by molar-refractivity contribution is 0.0271. The molecule has 5 heteroatoms. The molecule has 1 unspecified atom stereocenters. The van der Waals surface area contributed by atoms with Crippen molar-refractivity contribution in [1.29, 1.82) is 0 Å². The summed E-state index contributed by atoms with van der Waals surface area (Å²) in [5.41, 5.74) is 1.28. The maximum atomic E-state index is 12.3. The van der Waals surface area contributed by atoms with Crippen molar-refractivity contribution in [2.24, 2.45) is 0 Å². The summed E-state index contributed by atoms with van der Waals surface area (Å²) in [4.78, 5) is 14.8. The standard InChI is InChI=1S/C15H12BrNO2S/c16-12-7-3-4-8-13(12)20-9-17-14(18)10-5-1-2-6-11(10)15(17)19/h1-8,14,18H,9H2. The van der Waals surface area contributed by atoms with Gasteiger partial charge in [0.1, 0.15) is 0 Å². The number of aliphatic hydroxyl groups excluding tert-OH is 1. The van der Waals surface area contributed by atoms with Crippen LogP contribution in [0.2, 0.25) is 0 Å². The molecule has 1 aliphatic heterocycles. The highest BCUT2D eigenvalue weighted by Gasteiger charge is 2.34. The summed E-state index contributed by atoms with van der Waals surface area (Å²) >= 11 is 5.00. The van der Waals surface area contributed by atoms with Gasteiger partial charge < -0.3 is 5.11 Å². The number of benzene rings is 2. The van der Waals surface area contributed by atoms with Crippen LogP contribution in [-0.4, -0.2) is 21.8 Å². The zero-order valence-electron chi connectivity index (χ0n) is 10.5. The summed E-state index contributed by atoms with van der Waals surface area (Å²) in [7, 11) is 0. The maximum Gasteiger partial charge on any atom is 0.257 e. The van der Waals surface area contributed by atoms with Gasteiger partial charge in [0.05, 0.1) is 5.88 Å². The van der Waals surface area contributed by atoms with Crippen LogP contribution in [0.4, 0.5) is 0 Å². The van der Waals surface area contributed by atoms with Gasteiger partial charge in [-0.1, -0.05) is 30.3 Å². The highest BCUT2D eigenvalue weighted by molar-refractivity contribution is 9.10. The molecule has 1 amide bonds. The Kier molecular flexibility index (Phi) is 3.83. The first-order chi connectivity index (χ1) is 9.68. The lowest BCUT2D eigenvalue weighted by atomic mass is 10.1. The molecular weight excluding hydrogens is 338 g/mol. The summed E-state index contributed by atoms with van der Waals surface area (Å²) in [5.74, 6) is 0.296. The van der Waals surface area contributed by atoms with Crippen LogP contribution < -0.4 is 0 Å². The van der Waals surface area contributed by atoms with Crippen LogP contribution in [0.3, 0.4) is 0 Å². The third kappa shape index (κ3) is 2.37. The summed E-state index contributed by atoms with van der Waals surface area (Å²) < 4.78 is 0.989. The Labute approximate surface area is 129 Å². The first kappa shape index (κ1) is 13.7. The third-order valence-corrected chi connectivity index (χ3v) is 5.25. The van der Waals surface area contributed by atoms with Gasteiger partial charge in [-0.2, -0.15) is 0 Å².